The van der Waals surface area contributed by atoms with Gasteiger partial charge in [0.25, 0.3) is 5.91 Å². The van der Waals surface area contributed by atoms with Gasteiger partial charge in [-0.1, -0.05) is 36.4 Å². The highest BCUT2D eigenvalue weighted by atomic mass is 19.3. The van der Waals surface area contributed by atoms with Crippen molar-refractivity contribution in [2.45, 2.75) is 19.6 Å². The molecule has 0 radical (unpaired) electrons. The number of anilines is 1. The van der Waals surface area contributed by atoms with Crippen molar-refractivity contribution >= 4 is 11.6 Å². The third-order valence-electron chi connectivity index (χ3n) is 4.24. The zero-order valence-electron chi connectivity index (χ0n) is 16.0. The van der Waals surface area contributed by atoms with E-state index in [1.807, 2.05) is 24.3 Å². The lowest BCUT2D eigenvalue weighted by molar-refractivity contribution is -0.122. The zero-order chi connectivity index (χ0) is 21.5. The lowest BCUT2D eigenvalue weighted by Crippen LogP contribution is -2.30. The number of ether oxygens (including phenoxy) is 2. The van der Waals surface area contributed by atoms with Gasteiger partial charge in [-0.15, -0.1) is 0 Å². The topological polar surface area (TPSA) is 71.3 Å². The molecule has 0 aliphatic rings. The number of alkyl halides is 2. The molecule has 0 spiro atoms. The maximum atomic E-state index is 12.5. The normalized spacial score (nSPS) is 11.4. The van der Waals surface area contributed by atoms with Gasteiger partial charge in [0.05, 0.1) is 17.3 Å². The van der Waals surface area contributed by atoms with Crippen LogP contribution in [-0.2, 0) is 4.79 Å². The zero-order valence-corrected chi connectivity index (χ0v) is 16.0. The van der Waals surface area contributed by atoms with Crippen LogP contribution in [0.25, 0.3) is 11.1 Å². The number of nitrogens with zero attached hydrogens (tertiary/aromatic N) is 1. The summed E-state index contributed by atoms with van der Waals surface area (Å²) in [5.41, 5.74) is 2.59. The number of nitriles is 1. The van der Waals surface area contributed by atoms with E-state index >= 15 is 0 Å². The summed E-state index contributed by atoms with van der Waals surface area (Å²) >= 11 is 0. The Morgan fingerprint density at radius 2 is 1.53 bits per heavy atom. The molecule has 1 N–H and O–H groups in total. The van der Waals surface area contributed by atoms with Crippen LogP contribution < -0.4 is 14.8 Å². The Kier molecular flexibility index (Phi) is 6.60. The van der Waals surface area contributed by atoms with Crippen LogP contribution in [0.5, 0.6) is 11.5 Å². The summed E-state index contributed by atoms with van der Waals surface area (Å²) in [6.45, 7) is -1.44. The Hall–Kier alpha value is -3.92. The monoisotopic (exact) mass is 408 g/mol. The van der Waals surface area contributed by atoms with E-state index in [-0.39, 0.29) is 11.4 Å². The SMILES string of the molecule is CC(Oc1ccc(-c2ccc(C#N)cc2)cc1)C(=O)Nc1ccccc1OC(F)F. The molecule has 0 aliphatic heterocycles. The van der Waals surface area contributed by atoms with E-state index in [1.54, 1.807) is 37.3 Å². The number of amides is 1. The van der Waals surface area contributed by atoms with Gasteiger partial charge < -0.3 is 14.8 Å². The van der Waals surface area contributed by atoms with Gasteiger partial charge >= 0.3 is 6.61 Å². The fraction of sp³-hybridized carbons (Fsp3) is 0.130. The summed E-state index contributed by atoms with van der Waals surface area (Å²) in [5.74, 6) is -0.150. The molecule has 0 aromatic heterocycles. The minimum absolute atomic E-state index is 0.125. The molecule has 3 aromatic carbocycles. The molecule has 0 fully saturated rings. The van der Waals surface area contributed by atoms with Crippen LogP contribution in [0.2, 0.25) is 0 Å². The molecule has 7 heteroatoms. The molecule has 1 atom stereocenters. The highest BCUT2D eigenvalue weighted by Gasteiger charge is 2.18. The quantitative estimate of drug-likeness (QED) is 0.581. The number of carbonyl (C=O) groups is 1. The van der Waals surface area contributed by atoms with Crippen LogP contribution in [0.4, 0.5) is 14.5 Å². The van der Waals surface area contributed by atoms with Crippen molar-refractivity contribution in [2.24, 2.45) is 0 Å². The highest BCUT2D eigenvalue weighted by molar-refractivity contribution is 5.95. The standard InChI is InChI=1S/C23H18F2N2O3/c1-15(22(28)27-20-4-2-3-5-21(20)30-23(24)25)29-19-12-10-18(11-13-19)17-8-6-16(14-26)7-9-17/h2-13,15,23H,1H3,(H,27,28). The Morgan fingerprint density at radius 1 is 0.933 bits per heavy atom. The van der Waals surface area contributed by atoms with Crippen molar-refractivity contribution < 1.29 is 23.0 Å². The van der Waals surface area contributed by atoms with E-state index in [2.05, 4.69) is 16.1 Å². The van der Waals surface area contributed by atoms with Gasteiger partial charge in [-0.05, 0) is 54.4 Å². The third kappa shape index (κ3) is 5.32. The van der Waals surface area contributed by atoms with E-state index in [9.17, 15) is 13.6 Å². The number of nitrogens with one attached hydrogen (secondary N) is 1. The van der Waals surface area contributed by atoms with Gasteiger partial charge in [-0.25, -0.2) is 0 Å². The van der Waals surface area contributed by atoms with Crippen molar-refractivity contribution in [3.8, 4) is 28.7 Å². The van der Waals surface area contributed by atoms with Gasteiger partial charge in [0.2, 0.25) is 0 Å². The number of benzene rings is 3. The average Bonchev–Trinajstić information content (AvgIpc) is 2.75. The molecule has 1 unspecified atom stereocenters. The predicted molar refractivity (Wildman–Crippen MR) is 108 cm³/mol. The second-order valence-corrected chi connectivity index (χ2v) is 6.34. The summed E-state index contributed by atoms with van der Waals surface area (Å²) in [4.78, 5) is 12.4. The fourth-order valence-electron chi connectivity index (χ4n) is 2.72. The lowest BCUT2D eigenvalue weighted by Gasteiger charge is -2.17. The number of rotatable bonds is 7. The van der Waals surface area contributed by atoms with Crippen molar-refractivity contribution in [2.75, 3.05) is 5.32 Å². The predicted octanol–water partition coefficient (Wildman–Crippen LogP) is 5.23. The van der Waals surface area contributed by atoms with Gasteiger partial charge in [-0.2, -0.15) is 14.0 Å². The number of carbonyl (C=O) groups excluding carboxylic acids is 1. The Bertz CT molecular complexity index is 1050. The largest absolute Gasteiger partial charge is 0.481 e. The number of hydrogen-bond acceptors (Lipinski definition) is 4. The van der Waals surface area contributed by atoms with E-state index in [0.29, 0.717) is 11.3 Å². The first-order valence-corrected chi connectivity index (χ1v) is 9.08. The first kappa shape index (κ1) is 20.8. The molecule has 152 valence electrons. The molecule has 30 heavy (non-hydrogen) atoms. The van der Waals surface area contributed by atoms with E-state index in [4.69, 9.17) is 10.00 Å². The van der Waals surface area contributed by atoms with Crippen LogP contribution in [-0.4, -0.2) is 18.6 Å². The molecule has 1 amide bonds. The second-order valence-electron chi connectivity index (χ2n) is 6.34. The number of hydrogen-bond donors (Lipinski definition) is 1. The summed E-state index contributed by atoms with van der Waals surface area (Å²) in [6.07, 6.45) is -0.870. The molecule has 0 heterocycles. The summed E-state index contributed by atoms with van der Waals surface area (Å²) in [6, 6.07) is 22.3. The van der Waals surface area contributed by atoms with E-state index < -0.39 is 18.6 Å². The average molecular weight is 408 g/mol. The maximum Gasteiger partial charge on any atom is 0.387 e. The minimum Gasteiger partial charge on any atom is -0.481 e. The van der Waals surface area contributed by atoms with Crippen LogP contribution in [0.15, 0.2) is 72.8 Å². The van der Waals surface area contributed by atoms with Gasteiger partial charge in [0, 0.05) is 0 Å². The van der Waals surface area contributed by atoms with Crippen LogP contribution in [0.1, 0.15) is 12.5 Å². The molecule has 0 saturated heterocycles. The second kappa shape index (κ2) is 9.52. The van der Waals surface area contributed by atoms with Crippen molar-refractivity contribution in [1.29, 1.82) is 5.26 Å². The Labute approximate surface area is 172 Å². The molecule has 0 saturated carbocycles. The van der Waals surface area contributed by atoms with E-state index in [1.165, 1.54) is 18.2 Å². The first-order valence-electron chi connectivity index (χ1n) is 9.08. The summed E-state index contributed by atoms with van der Waals surface area (Å²) < 4.78 is 35.1. The van der Waals surface area contributed by atoms with Crippen molar-refractivity contribution in [3.63, 3.8) is 0 Å². The number of para-hydroxylation sites is 2. The highest BCUT2D eigenvalue weighted by Crippen LogP contribution is 2.26. The Morgan fingerprint density at radius 3 is 2.13 bits per heavy atom. The minimum atomic E-state index is -2.99. The van der Waals surface area contributed by atoms with Gasteiger partial charge in [-0.3, -0.25) is 4.79 Å². The summed E-state index contributed by atoms with van der Waals surface area (Å²) in [5, 5.41) is 11.4. The maximum absolute atomic E-state index is 12.5. The lowest BCUT2D eigenvalue weighted by atomic mass is 10.0. The van der Waals surface area contributed by atoms with Gasteiger partial charge in [0.15, 0.2) is 6.10 Å². The summed E-state index contributed by atoms with van der Waals surface area (Å²) in [7, 11) is 0. The molecule has 3 rings (SSSR count). The van der Waals surface area contributed by atoms with Crippen LogP contribution >= 0.6 is 0 Å². The Balaban J connectivity index is 1.63. The smallest absolute Gasteiger partial charge is 0.387 e. The van der Waals surface area contributed by atoms with Crippen molar-refractivity contribution in [3.05, 3.63) is 78.4 Å². The molecule has 3 aromatic rings. The molecule has 5 nitrogen and oxygen atoms in total. The van der Waals surface area contributed by atoms with Gasteiger partial charge in [0.1, 0.15) is 11.5 Å². The third-order valence-corrected chi connectivity index (χ3v) is 4.24. The number of halogens is 2. The van der Waals surface area contributed by atoms with E-state index in [0.717, 1.165) is 11.1 Å². The first-order chi connectivity index (χ1) is 14.5. The van der Waals surface area contributed by atoms with Crippen LogP contribution in [0, 0.1) is 11.3 Å². The molecule has 0 bridgehead atoms. The molecular weight excluding hydrogens is 390 g/mol. The fourth-order valence-corrected chi connectivity index (χ4v) is 2.72. The molecular formula is C23H18F2N2O3. The van der Waals surface area contributed by atoms with Crippen LogP contribution in [0.3, 0.4) is 0 Å². The molecule has 0 aliphatic carbocycles. The van der Waals surface area contributed by atoms with Crippen molar-refractivity contribution in [1.82, 2.24) is 0 Å².